The molecule has 1 aromatic carbocycles. The number of aromatic nitrogens is 2. The largest absolute Gasteiger partial charge is 0.374 e. The summed E-state index contributed by atoms with van der Waals surface area (Å²) in [5.41, 5.74) is 5.34. The van der Waals surface area contributed by atoms with Gasteiger partial charge in [-0.15, -0.1) is 0 Å². The average molecular weight is 328 g/mol. The average Bonchev–Trinajstić information content (AvgIpc) is 3.09. The molecule has 0 saturated carbocycles. The number of rotatable bonds is 5. The third-order valence-corrected chi connectivity index (χ3v) is 4.68. The van der Waals surface area contributed by atoms with Crippen molar-refractivity contribution < 1.29 is 0 Å². The zero-order valence-corrected chi connectivity index (χ0v) is 15.9. The second kappa shape index (κ2) is 9.51. The fourth-order valence-corrected chi connectivity index (χ4v) is 3.15. The first-order chi connectivity index (χ1) is 11.7. The van der Waals surface area contributed by atoms with Crippen LogP contribution < -0.4 is 4.90 Å². The molecule has 0 unspecified atom stereocenters. The van der Waals surface area contributed by atoms with Crippen LogP contribution in [0, 0.1) is 0 Å². The van der Waals surface area contributed by atoms with E-state index in [1.165, 1.54) is 67.4 Å². The summed E-state index contributed by atoms with van der Waals surface area (Å²) in [4.78, 5) is 2.35. The molecular weight excluding hydrogens is 294 g/mol. The monoisotopic (exact) mass is 327 g/mol. The van der Waals surface area contributed by atoms with Crippen molar-refractivity contribution in [1.82, 2.24) is 9.78 Å². The topological polar surface area (TPSA) is 21.1 Å². The van der Waals surface area contributed by atoms with Gasteiger partial charge in [0.2, 0.25) is 0 Å². The lowest BCUT2D eigenvalue weighted by molar-refractivity contribution is 0.660. The number of benzene rings is 1. The minimum atomic E-state index is 0.924. The van der Waals surface area contributed by atoms with Crippen LogP contribution in [0.5, 0.6) is 0 Å². The maximum Gasteiger partial charge on any atom is 0.0568 e. The highest BCUT2D eigenvalue weighted by molar-refractivity contribution is 5.68. The van der Waals surface area contributed by atoms with E-state index in [9.17, 15) is 0 Å². The molecule has 24 heavy (non-hydrogen) atoms. The molecule has 1 aliphatic rings. The molecule has 0 amide bonds. The molecule has 2 aromatic rings. The number of unbranched alkanes of at least 4 members (excludes halogenated alkanes) is 3. The number of hydrogen-bond acceptors (Lipinski definition) is 2. The molecule has 3 heteroatoms. The van der Waals surface area contributed by atoms with Gasteiger partial charge in [-0.25, -0.2) is 0 Å². The molecule has 0 saturated heterocycles. The van der Waals surface area contributed by atoms with Crippen LogP contribution in [0.1, 0.15) is 58.4 Å². The zero-order valence-electron chi connectivity index (χ0n) is 15.9. The summed E-state index contributed by atoms with van der Waals surface area (Å²) in [5, 5.41) is 4.34. The smallest absolute Gasteiger partial charge is 0.0568 e. The SMILES string of the molecule is CCCCCC.CCn1cc(-c2ccc3c(c2)CCCN3C)cn1. The van der Waals surface area contributed by atoms with E-state index in [2.05, 4.69) is 62.2 Å². The highest BCUT2D eigenvalue weighted by Crippen LogP contribution is 2.30. The van der Waals surface area contributed by atoms with E-state index in [1.54, 1.807) is 0 Å². The Labute approximate surface area is 147 Å². The molecule has 0 spiro atoms. The van der Waals surface area contributed by atoms with Gasteiger partial charge in [0.1, 0.15) is 0 Å². The van der Waals surface area contributed by atoms with Gasteiger partial charge in [0, 0.05) is 37.6 Å². The minimum Gasteiger partial charge on any atom is -0.374 e. The minimum absolute atomic E-state index is 0.924. The Morgan fingerprint density at radius 3 is 2.42 bits per heavy atom. The molecule has 0 bridgehead atoms. The van der Waals surface area contributed by atoms with E-state index >= 15 is 0 Å². The normalized spacial score (nSPS) is 13.2. The maximum absolute atomic E-state index is 4.34. The molecule has 132 valence electrons. The summed E-state index contributed by atoms with van der Waals surface area (Å²) in [6, 6.07) is 6.77. The number of hydrogen-bond donors (Lipinski definition) is 0. The van der Waals surface area contributed by atoms with Gasteiger partial charge >= 0.3 is 0 Å². The lowest BCUT2D eigenvalue weighted by atomic mass is 9.98. The van der Waals surface area contributed by atoms with Crippen molar-refractivity contribution in [2.24, 2.45) is 0 Å². The highest BCUT2D eigenvalue weighted by Gasteiger charge is 2.14. The number of fused-ring (bicyclic) bond motifs is 1. The summed E-state index contributed by atoms with van der Waals surface area (Å²) >= 11 is 0. The van der Waals surface area contributed by atoms with E-state index in [4.69, 9.17) is 0 Å². The first kappa shape index (κ1) is 18.6. The summed E-state index contributed by atoms with van der Waals surface area (Å²) in [6.45, 7) is 8.66. The number of aryl methyl sites for hydroxylation is 2. The van der Waals surface area contributed by atoms with Gasteiger partial charge < -0.3 is 4.90 Å². The third-order valence-electron chi connectivity index (χ3n) is 4.68. The van der Waals surface area contributed by atoms with Crippen molar-refractivity contribution in [3.63, 3.8) is 0 Å². The lowest BCUT2D eigenvalue weighted by Gasteiger charge is -2.27. The molecule has 0 aliphatic carbocycles. The molecule has 0 N–H and O–H groups in total. The second-order valence-corrected chi connectivity index (χ2v) is 6.66. The summed E-state index contributed by atoms with van der Waals surface area (Å²) in [5.74, 6) is 0. The summed E-state index contributed by atoms with van der Waals surface area (Å²) in [6.07, 6.45) is 12.1. The van der Waals surface area contributed by atoms with E-state index in [0.717, 1.165) is 6.54 Å². The quantitative estimate of drug-likeness (QED) is 0.672. The predicted molar refractivity (Wildman–Crippen MR) is 105 cm³/mol. The highest BCUT2D eigenvalue weighted by atomic mass is 15.3. The van der Waals surface area contributed by atoms with E-state index in [0.29, 0.717) is 0 Å². The van der Waals surface area contributed by atoms with Gasteiger partial charge in [0.05, 0.1) is 6.20 Å². The Hall–Kier alpha value is -1.77. The van der Waals surface area contributed by atoms with Crippen molar-refractivity contribution in [1.29, 1.82) is 0 Å². The number of anilines is 1. The van der Waals surface area contributed by atoms with Gasteiger partial charge in [0.15, 0.2) is 0 Å². The predicted octanol–water partition coefficient (Wildman–Crippen LogP) is 5.54. The van der Waals surface area contributed by atoms with Gasteiger partial charge in [-0.1, -0.05) is 45.6 Å². The van der Waals surface area contributed by atoms with Gasteiger partial charge in [-0.05, 0) is 43.0 Å². The van der Waals surface area contributed by atoms with Crippen LogP contribution in [0.2, 0.25) is 0 Å². The maximum atomic E-state index is 4.34. The Balaban J connectivity index is 0.000000301. The van der Waals surface area contributed by atoms with Crippen LogP contribution in [0.15, 0.2) is 30.6 Å². The van der Waals surface area contributed by atoms with Crippen molar-refractivity contribution in [3.8, 4) is 11.1 Å². The lowest BCUT2D eigenvalue weighted by Crippen LogP contribution is -2.24. The Morgan fingerprint density at radius 1 is 1.04 bits per heavy atom. The molecule has 0 fully saturated rings. The molecule has 3 rings (SSSR count). The fraction of sp³-hybridized carbons (Fsp3) is 0.571. The second-order valence-electron chi connectivity index (χ2n) is 6.66. The fourth-order valence-electron chi connectivity index (χ4n) is 3.15. The molecule has 1 aliphatic heterocycles. The van der Waals surface area contributed by atoms with E-state index < -0.39 is 0 Å². The standard InChI is InChI=1S/C15H19N3.C6H14/c1-3-18-11-14(10-16-18)12-6-7-15-13(9-12)5-4-8-17(15)2;1-3-5-6-4-2/h6-7,9-11H,3-5,8H2,1-2H3;3-6H2,1-2H3. The van der Waals surface area contributed by atoms with Crippen molar-refractivity contribution in [2.75, 3.05) is 18.5 Å². The first-order valence-corrected chi connectivity index (χ1v) is 9.56. The van der Waals surface area contributed by atoms with E-state index in [1.807, 2.05) is 10.9 Å². The number of nitrogens with zero attached hydrogens (tertiary/aromatic N) is 3. The first-order valence-electron chi connectivity index (χ1n) is 9.56. The molecule has 0 radical (unpaired) electrons. The third kappa shape index (κ3) is 4.86. The Morgan fingerprint density at radius 2 is 1.79 bits per heavy atom. The molecule has 0 atom stereocenters. The molecular formula is C21H33N3. The van der Waals surface area contributed by atoms with Crippen LogP contribution in [-0.4, -0.2) is 23.4 Å². The zero-order chi connectivity index (χ0) is 17.4. The van der Waals surface area contributed by atoms with Crippen molar-refractivity contribution in [2.45, 2.75) is 65.8 Å². The van der Waals surface area contributed by atoms with Crippen molar-refractivity contribution >= 4 is 5.69 Å². The van der Waals surface area contributed by atoms with Crippen LogP contribution in [0.4, 0.5) is 5.69 Å². The summed E-state index contributed by atoms with van der Waals surface area (Å²) in [7, 11) is 2.17. The molecule has 3 nitrogen and oxygen atoms in total. The Kier molecular flexibility index (Phi) is 7.36. The van der Waals surface area contributed by atoms with Crippen LogP contribution in [0.25, 0.3) is 11.1 Å². The van der Waals surface area contributed by atoms with Crippen LogP contribution >= 0.6 is 0 Å². The molecule has 1 aromatic heterocycles. The van der Waals surface area contributed by atoms with Crippen molar-refractivity contribution in [3.05, 3.63) is 36.2 Å². The summed E-state index contributed by atoms with van der Waals surface area (Å²) < 4.78 is 1.97. The van der Waals surface area contributed by atoms with Gasteiger partial charge in [0.25, 0.3) is 0 Å². The molecule has 2 heterocycles. The van der Waals surface area contributed by atoms with E-state index in [-0.39, 0.29) is 0 Å². The van der Waals surface area contributed by atoms with Gasteiger partial charge in [-0.2, -0.15) is 5.10 Å². The Bertz CT molecular complexity index is 611. The van der Waals surface area contributed by atoms with Crippen LogP contribution in [0.3, 0.4) is 0 Å². The van der Waals surface area contributed by atoms with Crippen LogP contribution in [-0.2, 0) is 13.0 Å². The van der Waals surface area contributed by atoms with Gasteiger partial charge in [-0.3, -0.25) is 4.68 Å².